The average Bonchev–Trinajstić information content (AvgIpc) is 3.14. The van der Waals surface area contributed by atoms with Gasteiger partial charge >= 0.3 is 0 Å². The molecular weight excluding hydrogens is 212 g/mol. The zero-order valence-corrected chi connectivity index (χ0v) is 10.5. The maximum absolute atomic E-state index is 6.38. The number of fused-ring (bicyclic) bond motifs is 1. The molecule has 1 aromatic carbocycles. The summed E-state index contributed by atoms with van der Waals surface area (Å²) in [5, 5.41) is 0. The molecule has 0 bridgehead atoms. The van der Waals surface area contributed by atoms with Crippen molar-refractivity contribution in [1.29, 1.82) is 0 Å². The van der Waals surface area contributed by atoms with Gasteiger partial charge in [0.2, 0.25) is 0 Å². The zero-order chi connectivity index (χ0) is 12.0. The predicted octanol–water partition coefficient (Wildman–Crippen LogP) is 1.71. The summed E-state index contributed by atoms with van der Waals surface area (Å²) in [6, 6.07) is 7.65. The van der Waals surface area contributed by atoms with Crippen LogP contribution in [0, 0.1) is 0 Å². The first-order valence-electron chi connectivity index (χ1n) is 6.35. The van der Waals surface area contributed by atoms with Crippen molar-refractivity contribution in [3.05, 3.63) is 29.3 Å². The number of likely N-dealkylation sites (N-methyl/N-ethyl adjacent to an activating group) is 1. The monoisotopic (exact) mass is 232 g/mol. The lowest BCUT2D eigenvalue weighted by atomic mass is 10.1. The third-order valence-corrected chi connectivity index (χ3v) is 4.20. The molecule has 1 aromatic rings. The summed E-state index contributed by atoms with van der Waals surface area (Å²) < 4.78 is 5.27. The van der Waals surface area contributed by atoms with Crippen LogP contribution >= 0.6 is 0 Å². The molecule has 0 amide bonds. The molecular formula is C14H20N2O. The van der Waals surface area contributed by atoms with Crippen molar-refractivity contribution in [3.8, 4) is 5.75 Å². The van der Waals surface area contributed by atoms with E-state index in [1.807, 2.05) is 6.07 Å². The molecule has 2 aliphatic carbocycles. The topological polar surface area (TPSA) is 38.5 Å². The molecule has 3 nitrogen and oxygen atoms in total. The Morgan fingerprint density at radius 3 is 2.76 bits per heavy atom. The second-order valence-corrected chi connectivity index (χ2v) is 5.26. The highest BCUT2D eigenvalue weighted by atomic mass is 16.5. The quantitative estimate of drug-likeness (QED) is 0.862. The van der Waals surface area contributed by atoms with Gasteiger partial charge in [0, 0.05) is 18.1 Å². The van der Waals surface area contributed by atoms with Gasteiger partial charge in [-0.1, -0.05) is 6.07 Å². The number of benzene rings is 1. The molecule has 2 atom stereocenters. The van der Waals surface area contributed by atoms with Crippen molar-refractivity contribution in [2.24, 2.45) is 5.73 Å². The highest BCUT2D eigenvalue weighted by Gasteiger charge is 2.38. The second-order valence-electron chi connectivity index (χ2n) is 5.26. The summed E-state index contributed by atoms with van der Waals surface area (Å²) >= 11 is 0. The predicted molar refractivity (Wildman–Crippen MR) is 68.2 cm³/mol. The van der Waals surface area contributed by atoms with Crippen molar-refractivity contribution in [3.63, 3.8) is 0 Å². The molecule has 0 radical (unpaired) electrons. The lowest BCUT2D eigenvalue weighted by Crippen LogP contribution is -2.39. The lowest BCUT2D eigenvalue weighted by Gasteiger charge is -2.27. The fourth-order valence-electron chi connectivity index (χ4n) is 2.91. The van der Waals surface area contributed by atoms with Crippen LogP contribution in [0.15, 0.2) is 18.2 Å². The van der Waals surface area contributed by atoms with Gasteiger partial charge in [-0.15, -0.1) is 0 Å². The number of ether oxygens (including phenoxy) is 1. The van der Waals surface area contributed by atoms with E-state index in [9.17, 15) is 0 Å². The SMILES string of the molecule is COc1ccc2c(c1)C(N)C(N(C)C1CC1)C2. The molecule has 1 fully saturated rings. The minimum Gasteiger partial charge on any atom is -0.497 e. The van der Waals surface area contributed by atoms with Crippen LogP contribution in [0.1, 0.15) is 30.0 Å². The zero-order valence-electron chi connectivity index (χ0n) is 10.5. The van der Waals surface area contributed by atoms with Crippen LogP contribution in [0.5, 0.6) is 5.75 Å². The van der Waals surface area contributed by atoms with Crippen LogP contribution in [0.25, 0.3) is 0 Å². The fraction of sp³-hybridized carbons (Fsp3) is 0.571. The van der Waals surface area contributed by atoms with Crippen LogP contribution in [0.3, 0.4) is 0 Å². The number of methoxy groups -OCH3 is 1. The lowest BCUT2D eigenvalue weighted by molar-refractivity contribution is 0.213. The summed E-state index contributed by atoms with van der Waals surface area (Å²) in [5.41, 5.74) is 9.03. The first kappa shape index (κ1) is 11.1. The first-order chi connectivity index (χ1) is 8.20. The van der Waals surface area contributed by atoms with Crippen LogP contribution in [0.4, 0.5) is 0 Å². The molecule has 2 N–H and O–H groups in total. The summed E-state index contributed by atoms with van der Waals surface area (Å²) in [6.45, 7) is 0. The summed E-state index contributed by atoms with van der Waals surface area (Å²) in [7, 11) is 3.92. The summed E-state index contributed by atoms with van der Waals surface area (Å²) in [5.74, 6) is 0.911. The minimum atomic E-state index is 0.130. The molecule has 17 heavy (non-hydrogen) atoms. The van der Waals surface area contributed by atoms with Gasteiger partial charge in [0.05, 0.1) is 7.11 Å². The largest absolute Gasteiger partial charge is 0.497 e. The van der Waals surface area contributed by atoms with Crippen molar-refractivity contribution >= 4 is 0 Å². The van der Waals surface area contributed by atoms with E-state index < -0.39 is 0 Å². The Labute approximate surface area is 103 Å². The Morgan fingerprint density at radius 2 is 2.12 bits per heavy atom. The van der Waals surface area contributed by atoms with E-state index in [2.05, 4.69) is 24.1 Å². The number of rotatable bonds is 3. The van der Waals surface area contributed by atoms with Crippen LogP contribution in [-0.4, -0.2) is 31.1 Å². The number of nitrogens with zero attached hydrogens (tertiary/aromatic N) is 1. The highest BCUT2D eigenvalue weighted by molar-refractivity contribution is 5.42. The number of hydrogen-bond donors (Lipinski definition) is 1. The Hall–Kier alpha value is -1.06. The molecule has 92 valence electrons. The molecule has 0 aliphatic heterocycles. The third-order valence-electron chi connectivity index (χ3n) is 4.20. The molecule has 2 aliphatic rings. The smallest absolute Gasteiger partial charge is 0.119 e. The molecule has 2 unspecified atom stereocenters. The Morgan fingerprint density at radius 1 is 1.35 bits per heavy atom. The van der Waals surface area contributed by atoms with Crippen molar-refractivity contribution in [2.45, 2.75) is 37.4 Å². The second kappa shape index (κ2) is 4.00. The molecule has 1 saturated carbocycles. The van der Waals surface area contributed by atoms with Gasteiger partial charge in [-0.3, -0.25) is 4.90 Å². The van der Waals surface area contributed by atoms with Gasteiger partial charge in [0.1, 0.15) is 5.75 Å². The number of nitrogens with two attached hydrogens (primary N) is 1. The molecule has 0 heterocycles. The van der Waals surface area contributed by atoms with E-state index in [-0.39, 0.29) is 6.04 Å². The van der Waals surface area contributed by atoms with E-state index in [0.29, 0.717) is 6.04 Å². The van der Waals surface area contributed by atoms with Gasteiger partial charge in [0.15, 0.2) is 0 Å². The standard InChI is InChI=1S/C14H20N2O/c1-16(10-4-5-10)13-7-9-3-6-11(17-2)8-12(9)14(13)15/h3,6,8,10,13-14H,4-5,7,15H2,1-2H3. The van der Waals surface area contributed by atoms with Crippen LogP contribution in [-0.2, 0) is 6.42 Å². The van der Waals surface area contributed by atoms with Gasteiger partial charge in [-0.05, 0) is 49.6 Å². The van der Waals surface area contributed by atoms with Crippen molar-refractivity contribution in [2.75, 3.05) is 14.2 Å². The third kappa shape index (κ3) is 1.83. The number of hydrogen-bond acceptors (Lipinski definition) is 3. The maximum atomic E-state index is 6.38. The Kier molecular flexibility index (Phi) is 2.60. The van der Waals surface area contributed by atoms with Crippen molar-refractivity contribution in [1.82, 2.24) is 4.90 Å². The van der Waals surface area contributed by atoms with E-state index in [1.54, 1.807) is 7.11 Å². The first-order valence-corrected chi connectivity index (χ1v) is 6.35. The average molecular weight is 232 g/mol. The van der Waals surface area contributed by atoms with E-state index in [0.717, 1.165) is 18.2 Å². The molecule has 3 heteroatoms. The molecule has 0 aromatic heterocycles. The molecule has 0 spiro atoms. The van der Waals surface area contributed by atoms with Crippen LogP contribution in [0.2, 0.25) is 0 Å². The van der Waals surface area contributed by atoms with Gasteiger partial charge < -0.3 is 10.5 Å². The van der Waals surface area contributed by atoms with Gasteiger partial charge in [0.25, 0.3) is 0 Å². The maximum Gasteiger partial charge on any atom is 0.119 e. The minimum absolute atomic E-state index is 0.130. The molecule has 3 rings (SSSR count). The Balaban J connectivity index is 1.86. The van der Waals surface area contributed by atoms with Crippen LogP contribution < -0.4 is 10.5 Å². The van der Waals surface area contributed by atoms with E-state index in [4.69, 9.17) is 10.5 Å². The summed E-state index contributed by atoms with van der Waals surface area (Å²) in [6.07, 6.45) is 3.74. The van der Waals surface area contributed by atoms with Crippen molar-refractivity contribution < 1.29 is 4.74 Å². The fourth-order valence-corrected chi connectivity index (χ4v) is 2.91. The van der Waals surface area contributed by atoms with Gasteiger partial charge in [-0.2, -0.15) is 0 Å². The Bertz CT molecular complexity index is 428. The van der Waals surface area contributed by atoms with E-state index in [1.165, 1.54) is 24.0 Å². The highest BCUT2D eigenvalue weighted by Crippen LogP contribution is 2.38. The van der Waals surface area contributed by atoms with Gasteiger partial charge in [-0.25, -0.2) is 0 Å². The van der Waals surface area contributed by atoms with E-state index >= 15 is 0 Å². The molecule has 0 saturated heterocycles. The summed E-state index contributed by atoms with van der Waals surface area (Å²) in [4.78, 5) is 2.47. The normalized spacial score (nSPS) is 27.3.